The molecule has 22 heavy (non-hydrogen) atoms. The van der Waals surface area contributed by atoms with E-state index in [9.17, 15) is 0 Å². The fourth-order valence-electron chi connectivity index (χ4n) is 1.90. The average Bonchev–Trinajstić information content (AvgIpc) is 3.09. The second-order valence-electron chi connectivity index (χ2n) is 4.43. The van der Waals surface area contributed by atoms with Crippen LogP contribution in [0.4, 0.5) is 0 Å². The van der Waals surface area contributed by atoms with Gasteiger partial charge in [0, 0.05) is 17.7 Å². The zero-order chi connectivity index (χ0) is 16.2. The summed E-state index contributed by atoms with van der Waals surface area (Å²) in [5.41, 5.74) is 4.23. The Kier molecular flexibility index (Phi) is 7.46. The third-order valence-corrected chi connectivity index (χ3v) is 2.95. The van der Waals surface area contributed by atoms with Crippen LogP contribution in [0.1, 0.15) is 18.1 Å². The Morgan fingerprint density at radius 3 is 2.59 bits per heavy atom. The minimum absolute atomic E-state index is 0.443. The maximum atomic E-state index is 8.64. The van der Waals surface area contributed by atoms with Gasteiger partial charge in [-0.15, -0.1) is 12.8 Å². The number of nitriles is 1. The van der Waals surface area contributed by atoms with Crippen molar-refractivity contribution in [2.45, 2.75) is 13.3 Å². The fourth-order valence-corrected chi connectivity index (χ4v) is 1.90. The smallest absolute Gasteiger partial charge is 0.0669 e. The normalized spacial score (nSPS) is 14.1. The molecule has 0 atom stereocenters. The maximum Gasteiger partial charge on any atom is 0.0669 e. The summed E-state index contributed by atoms with van der Waals surface area (Å²) in [4.78, 5) is 0. The fraction of sp³-hybridized carbons (Fsp3) is 0.150. The van der Waals surface area contributed by atoms with Crippen molar-refractivity contribution in [2.24, 2.45) is 0 Å². The van der Waals surface area contributed by atoms with Crippen molar-refractivity contribution in [1.82, 2.24) is 5.32 Å². The molecule has 0 spiro atoms. The Morgan fingerprint density at radius 2 is 2.05 bits per heavy atom. The molecule has 2 rings (SSSR count). The molecule has 108 valence electrons. The summed E-state index contributed by atoms with van der Waals surface area (Å²) in [5, 5.41) is 11.8. The minimum atomic E-state index is 0.443. The quantitative estimate of drug-likeness (QED) is 0.846. The van der Waals surface area contributed by atoms with Crippen molar-refractivity contribution in [3.63, 3.8) is 0 Å². The standard InChI is InChI=1S/C18H16N2.C2H2/c1-2-3-17(18-11-13-20-14-18)9-8-15-4-6-16(7-5-15)10-12-19;1-2/h2-7,11,13,20H,10,14H2,1H3;1-2H/b3-2-,18-17+;. The zero-order valence-electron chi connectivity index (χ0n) is 12.6. The molecule has 0 bridgehead atoms. The van der Waals surface area contributed by atoms with E-state index in [-0.39, 0.29) is 0 Å². The molecule has 1 aromatic carbocycles. The van der Waals surface area contributed by atoms with E-state index in [0.717, 1.165) is 23.2 Å². The van der Waals surface area contributed by atoms with Crippen molar-refractivity contribution in [1.29, 1.82) is 5.26 Å². The van der Waals surface area contributed by atoms with Gasteiger partial charge in [0.25, 0.3) is 0 Å². The highest BCUT2D eigenvalue weighted by atomic mass is 14.8. The summed E-state index contributed by atoms with van der Waals surface area (Å²) in [6.07, 6.45) is 16.5. The Balaban J connectivity index is 0.00000116. The van der Waals surface area contributed by atoms with Crippen LogP contribution >= 0.6 is 0 Å². The van der Waals surface area contributed by atoms with Crippen molar-refractivity contribution in [2.75, 3.05) is 6.54 Å². The summed E-state index contributed by atoms with van der Waals surface area (Å²) in [6, 6.07) is 9.96. The summed E-state index contributed by atoms with van der Waals surface area (Å²) < 4.78 is 0. The van der Waals surface area contributed by atoms with Gasteiger partial charge >= 0.3 is 0 Å². The molecule has 1 aromatic rings. The lowest BCUT2D eigenvalue weighted by molar-refractivity contribution is 1.00. The van der Waals surface area contributed by atoms with Gasteiger partial charge in [0.05, 0.1) is 12.5 Å². The minimum Gasteiger partial charge on any atom is -0.387 e. The van der Waals surface area contributed by atoms with Crippen molar-refractivity contribution >= 4 is 0 Å². The van der Waals surface area contributed by atoms with Gasteiger partial charge in [-0.1, -0.05) is 36.1 Å². The molecule has 1 heterocycles. The molecule has 1 aliphatic rings. The SMILES string of the molecule is C#C.C/C=C\C(C#Cc1ccc(CC#N)cc1)=C1\C=CNC1. The summed E-state index contributed by atoms with van der Waals surface area (Å²) >= 11 is 0. The Morgan fingerprint density at radius 1 is 1.32 bits per heavy atom. The summed E-state index contributed by atoms with van der Waals surface area (Å²) in [7, 11) is 0. The first-order chi connectivity index (χ1) is 10.8. The molecule has 2 nitrogen and oxygen atoms in total. The van der Waals surface area contributed by atoms with Crippen LogP contribution in [0.3, 0.4) is 0 Å². The molecular weight excluding hydrogens is 268 g/mol. The second-order valence-corrected chi connectivity index (χ2v) is 4.43. The number of nitrogens with zero attached hydrogens (tertiary/aromatic N) is 1. The topological polar surface area (TPSA) is 35.8 Å². The highest BCUT2D eigenvalue weighted by Crippen LogP contribution is 2.11. The molecular formula is C20H18N2. The van der Waals surface area contributed by atoms with E-state index in [1.54, 1.807) is 0 Å². The van der Waals surface area contributed by atoms with Crippen LogP contribution < -0.4 is 5.32 Å². The average molecular weight is 286 g/mol. The van der Waals surface area contributed by atoms with Gasteiger partial charge in [-0.3, -0.25) is 0 Å². The van der Waals surface area contributed by atoms with Crippen LogP contribution in [0.25, 0.3) is 0 Å². The lowest BCUT2D eigenvalue weighted by Crippen LogP contribution is -2.01. The molecule has 0 unspecified atom stereocenters. The largest absolute Gasteiger partial charge is 0.387 e. The van der Waals surface area contributed by atoms with Gasteiger partial charge in [0.2, 0.25) is 0 Å². The highest BCUT2D eigenvalue weighted by molar-refractivity contribution is 5.51. The van der Waals surface area contributed by atoms with Crippen LogP contribution in [0.5, 0.6) is 0 Å². The summed E-state index contributed by atoms with van der Waals surface area (Å²) in [6.45, 7) is 2.82. The molecule has 2 heteroatoms. The number of nitrogens with one attached hydrogen (secondary N) is 1. The van der Waals surface area contributed by atoms with E-state index in [4.69, 9.17) is 5.26 Å². The molecule has 0 aromatic heterocycles. The lowest BCUT2D eigenvalue weighted by Gasteiger charge is -1.98. The highest BCUT2D eigenvalue weighted by Gasteiger charge is 2.02. The third kappa shape index (κ3) is 5.09. The van der Waals surface area contributed by atoms with E-state index in [0.29, 0.717) is 6.42 Å². The number of allylic oxidation sites excluding steroid dienone is 3. The van der Waals surface area contributed by atoms with Crippen molar-refractivity contribution < 1.29 is 0 Å². The molecule has 0 radical (unpaired) electrons. The molecule has 1 aliphatic heterocycles. The predicted molar refractivity (Wildman–Crippen MR) is 91.5 cm³/mol. The molecule has 0 aliphatic carbocycles. The number of rotatable bonds is 2. The Bertz CT molecular complexity index is 696. The maximum absolute atomic E-state index is 8.64. The van der Waals surface area contributed by atoms with E-state index in [1.165, 1.54) is 5.57 Å². The van der Waals surface area contributed by atoms with Crippen LogP contribution in [0.15, 0.2) is 59.8 Å². The monoisotopic (exact) mass is 286 g/mol. The molecule has 0 fully saturated rings. The predicted octanol–water partition coefficient (Wildman–Crippen LogP) is 3.34. The molecule has 0 saturated heterocycles. The van der Waals surface area contributed by atoms with Gasteiger partial charge in [0.1, 0.15) is 0 Å². The van der Waals surface area contributed by atoms with Crippen LogP contribution in [-0.4, -0.2) is 6.54 Å². The van der Waals surface area contributed by atoms with Crippen LogP contribution in [0, 0.1) is 36.0 Å². The van der Waals surface area contributed by atoms with Crippen LogP contribution in [0.2, 0.25) is 0 Å². The van der Waals surface area contributed by atoms with Gasteiger partial charge in [-0.25, -0.2) is 0 Å². The van der Waals surface area contributed by atoms with Gasteiger partial charge in [-0.05, 0) is 42.5 Å². The number of hydrogen-bond donors (Lipinski definition) is 1. The van der Waals surface area contributed by atoms with E-state index >= 15 is 0 Å². The van der Waals surface area contributed by atoms with Gasteiger partial charge in [0.15, 0.2) is 0 Å². The molecule has 0 amide bonds. The first-order valence-corrected chi connectivity index (χ1v) is 6.90. The Labute approximate surface area is 132 Å². The lowest BCUT2D eigenvalue weighted by atomic mass is 10.1. The first kappa shape index (κ1) is 16.9. The second kappa shape index (κ2) is 9.71. The van der Waals surface area contributed by atoms with Crippen LogP contribution in [-0.2, 0) is 6.42 Å². The number of benzene rings is 1. The summed E-state index contributed by atoms with van der Waals surface area (Å²) in [5.74, 6) is 6.39. The zero-order valence-corrected chi connectivity index (χ0v) is 12.6. The number of hydrogen-bond acceptors (Lipinski definition) is 2. The van der Waals surface area contributed by atoms with Crippen molar-refractivity contribution in [3.8, 4) is 30.8 Å². The third-order valence-electron chi connectivity index (χ3n) is 2.95. The van der Waals surface area contributed by atoms with Gasteiger partial charge in [-0.2, -0.15) is 5.26 Å². The molecule has 0 saturated carbocycles. The first-order valence-electron chi connectivity index (χ1n) is 6.90. The van der Waals surface area contributed by atoms with E-state index < -0.39 is 0 Å². The van der Waals surface area contributed by atoms with Gasteiger partial charge < -0.3 is 5.32 Å². The van der Waals surface area contributed by atoms with E-state index in [2.05, 4.69) is 42.1 Å². The van der Waals surface area contributed by atoms with E-state index in [1.807, 2.05) is 49.5 Å². The molecule has 1 N–H and O–H groups in total. The van der Waals surface area contributed by atoms with Crippen molar-refractivity contribution in [3.05, 3.63) is 71.0 Å². The Hall–Kier alpha value is -3.15. The number of terminal acetylenes is 1.